The number of hydrogen-bond acceptors (Lipinski definition) is 4. The van der Waals surface area contributed by atoms with Gasteiger partial charge in [-0.3, -0.25) is 4.79 Å². The van der Waals surface area contributed by atoms with Crippen LogP contribution in [0.3, 0.4) is 0 Å². The monoisotopic (exact) mass is 354 g/mol. The summed E-state index contributed by atoms with van der Waals surface area (Å²) in [6.45, 7) is 1.86. The number of fused-ring (bicyclic) bond motifs is 2. The van der Waals surface area contributed by atoms with E-state index in [1.165, 1.54) is 0 Å². The van der Waals surface area contributed by atoms with Crippen molar-refractivity contribution in [1.29, 1.82) is 0 Å². The lowest BCUT2D eigenvalue weighted by Crippen LogP contribution is -2.19. The van der Waals surface area contributed by atoms with Crippen LogP contribution in [0.1, 0.15) is 21.5 Å². The van der Waals surface area contributed by atoms with Crippen molar-refractivity contribution >= 4 is 16.7 Å². The number of aromatic nitrogens is 2. The zero-order chi connectivity index (χ0) is 18.5. The van der Waals surface area contributed by atoms with E-state index < -0.39 is 5.69 Å². The van der Waals surface area contributed by atoms with Gasteiger partial charge in [0, 0.05) is 16.5 Å². The van der Waals surface area contributed by atoms with Gasteiger partial charge in [0.05, 0.1) is 16.8 Å². The summed E-state index contributed by atoms with van der Waals surface area (Å²) >= 11 is 0. The molecule has 1 N–H and O–H groups in total. The first kappa shape index (κ1) is 15.5. The summed E-state index contributed by atoms with van der Waals surface area (Å²) in [5.74, 6) is 0.960. The molecule has 0 saturated carbocycles. The molecule has 1 aliphatic carbocycles. The normalized spacial score (nSPS) is 12.1. The SMILES string of the molecule is Cc1cc(Oc2ccccc2)c2c3c([nH]c(=O)nc13)-c1ccccc1C2=O. The van der Waals surface area contributed by atoms with Gasteiger partial charge in [0.15, 0.2) is 5.78 Å². The van der Waals surface area contributed by atoms with E-state index in [4.69, 9.17) is 4.74 Å². The van der Waals surface area contributed by atoms with Crippen molar-refractivity contribution in [3.05, 3.63) is 87.8 Å². The molecule has 3 aromatic carbocycles. The molecule has 0 spiro atoms. The third-order valence-corrected chi connectivity index (χ3v) is 4.79. The van der Waals surface area contributed by atoms with Crippen LogP contribution < -0.4 is 10.4 Å². The van der Waals surface area contributed by atoms with Crippen molar-refractivity contribution in [3.63, 3.8) is 0 Å². The molecule has 0 aliphatic heterocycles. The smallest absolute Gasteiger partial charge is 0.345 e. The standard InChI is InChI=1S/C22H14N2O3/c1-12-11-16(27-13-7-3-2-4-8-13)17-18-19(12)23-22(26)24-20(18)14-9-5-6-10-15(14)21(17)25/h2-11H,1H3,(H,23,24,26). The Balaban J connectivity index is 1.89. The maximum atomic E-state index is 13.3. The number of para-hydroxylation sites is 1. The predicted molar refractivity (Wildman–Crippen MR) is 102 cm³/mol. The van der Waals surface area contributed by atoms with Crippen LogP contribution in [0, 0.1) is 6.92 Å². The predicted octanol–water partition coefficient (Wildman–Crippen LogP) is 4.24. The number of H-pyrrole nitrogens is 1. The number of nitrogens with zero attached hydrogens (tertiary/aromatic N) is 1. The Kier molecular flexibility index (Phi) is 3.24. The number of carbonyl (C=O) groups excluding carboxylic acids is 1. The van der Waals surface area contributed by atoms with Crippen LogP contribution in [-0.4, -0.2) is 15.8 Å². The maximum Gasteiger partial charge on any atom is 0.345 e. The molecule has 5 heteroatoms. The highest BCUT2D eigenvalue weighted by molar-refractivity contribution is 6.26. The van der Waals surface area contributed by atoms with Gasteiger partial charge in [-0.05, 0) is 30.7 Å². The summed E-state index contributed by atoms with van der Waals surface area (Å²) in [7, 11) is 0. The fraction of sp³-hybridized carbons (Fsp3) is 0.0455. The number of ketones is 1. The Bertz CT molecular complexity index is 1290. The minimum Gasteiger partial charge on any atom is -0.457 e. The second kappa shape index (κ2) is 5.64. The quantitative estimate of drug-likeness (QED) is 0.515. The van der Waals surface area contributed by atoms with Gasteiger partial charge in [-0.25, -0.2) is 4.79 Å². The van der Waals surface area contributed by atoms with Gasteiger partial charge >= 0.3 is 5.69 Å². The van der Waals surface area contributed by atoms with E-state index in [9.17, 15) is 9.59 Å². The second-order valence-electron chi connectivity index (χ2n) is 6.50. The van der Waals surface area contributed by atoms with E-state index in [0.717, 1.165) is 5.56 Å². The first-order valence-corrected chi connectivity index (χ1v) is 8.58. The van der Waals surface area contributed by atoms with Gasteiger partial charge in [-0.1, -0.05) is 42.5 Å². The number of ether oxygens (including phenoxy) is 1. The molecule has 0 bridgehead atoms. The first-order valence-electron chi connectivity index (χ1n) is 8.58. The van der Waals surface area contributed by atoms with Crippen LogP contribution in [0.15, 0.2) is 65.5 Å². The average molecular weight is 354 g/mol. The molecule has 27 heavy (non-hydrogen) atoms. The summed E-state index contributed by atoms with van der Waals surface area (Å²) in [6, 6.07) is 18.3. The molecule has 0 radical (unpaired) electrons. The molecule has 0 atom stereocenters. The van der Waals surface area contributed by atoms with E-state index >= 15 is 0 Å². The van der Waals surface area contributed by atoms with Gasteiger partial charge in [0.1, 0.15) is 11.5 Å². The molecular weight excluding hydrogens is 340 g/mol. The Morgan fingerprint density at radius 2 is 1.63 bits per heavy atom. The van der Waals surface area contributed by atoms with Crippen LogP contribution in [0.5, 0.6) is 11.5 Å². The zero-order valence-corrected chi connectivity index (χ0v) is 14.4. The van der Waals surface area contributed by atoms with Crippen molar-refractivity contribution in [2.75, 3.05) is 0 Å². The largest absolute Gasteiger partial charge is 0.457 e. The highest BCUT2D eigenvalue weighted by Gasteiger charge is 2.30. The molecule has 4 aromatic rings. The lowest BCUT2D eigenvalue weighted by Gasteiger charge is -2.22. The molecule has 0 unspecified atom stereocenters. The molecule has 0 saturated heterocycles. The van der Waals surface area contributed by atoms with Gasteiger partial charge in [-0.15, -0.1) is 0 Å². The van der Waals surface area contributed by atoms with E-state index in [-0.39, 0.29) is 5.78 Å². The fourth-order valence-electron chi connectivity index (χ4n) is 3.62. The number of aryl methyl sites for hydroxylation is 1. The van der Waals surface area contributed by atoms with Crippen LogP contribution in [0.4, 0.5) is 0 Å². The topological polar surface area (TPSA) is 72.1 Å². The molecule has 1 aliphatic rings. The maximum absolute atomic E-state index is 13.3. The summed E-state index contributed by atoms with van der Waals surface area (Å²) in [6.07, 6.45) is 0. The number of benzene rings is 3. The van der Waals surface area contributed by atoms with E-state index in [0.29, 0.717) is 44.8 Å². The Labute approximate surface area is 154 Å². The van der Waals surface area contributed by atoms with Gasteiger partial charge in [0.2, 0.25) is 0 Å². The lowest BCUT2D eigenvalue weighted by molar-refractivity contribution is 0.103. The number of nitrogens with one attached hydrogen (secondary N) is 1. The summed E-state index contributed by atoms with van der Waals surface area (Å²) in [5, 5.41) is 0.629. The molecule has 1 aromatic heterocycles. The number of hydrogen-bond donors (Lipinski definition) is 1. The molecule has 0 fully saturated rings. The van der Waals surface area contributed by atoms with Gasteiger partial charge < -0.3 is 9.72 Å². The van der Waals surface area contributed by atoms with Crippen molar-refractivity contribution in [3.8, 4) is 22.8 Å². The molecule has 130 valence electrons. The highest BCUT2D eigenvalue weighted by Crippen LogP contribution is 2.42. The zero-order valence-electron chi connectivity index (χ0n) is 14.4. The lowest BCUT2D eigenvalue weighted by atomic mass is 9.85. The highest BCUT2D eigenvalue weighted by atomic mass is 16.5. The second-order valence-corrected chi connectivity index (χ2v) is 6.50. The molecule has 5 nitrogen and oxygen atoms in total. The fourth-order valence-corrected chi connectivity index (χ4v) is 3.62. The Morgan fingerprint density at radius 1 is 0.926 bits per heavy atom. The molecule has 1 heterocycles. The summed E-state index contributed by atoms with van der Waals surface area (Å²) in [5.41, 5.74) is 3.14. The number of carbonyl (C=O) groups is 1. The Hall–Kier alpha value is -3.73. The molecular formula is C22H14N2O3. The first-order chi connectivity index (χ1) is 13.1. The van der Waals surface area contributed by atoms with E-state index in [1.807, 2.05) is 55.5 Å². The van der Waals surface area contributed by atoms with E-state index in [2.05, 4.69) is 9.97 Å². The van der Waals surface area contributed by atoms with Crippen molar-refractivity contribution < 1.29 is 9.53 Å². The van der Waals surface area contributed by atoms with Crippen molar-refractivity contribution in [2.24, 2.45) is 0 Å². The minimum atomic E-state index is -0.438. The van der Waals surface area contributed by atoms with Crippen LogP contribution in [0.25, 0.3) is 22.2 Å². The average Bonchev–Trinajstić information content (AvgIpc) is 2.68. The molecule has 5 rings (SSSR count). The van der Waals surface area contributed by atoms with Crippen LogP contribution in [0.2, 0.25) is 0 Å². The third-order valence-electron chi connectivity index (χ3n) is 4.79. The van der Waals surface area contributed by atoms with Crippen molar-refractivity contribution in [1.82, 2.24) is 9.97 Å². The Morgan fingerprint density at radius 3 is 2.41 bits per heavy atom. The van der Waals surface area contributed by atoms with E-state index in [1.54, 1.807) is 12.1 Å². The minimum absolute atomic E-state index is 0.136. The van der Waals surface area contributed by atoms with Gasteiger partial charge in [0.25, 0.3) is 0 Å². The molecule has 0 amide bonds. The number of rotatable bonds is 2. The van der Waals surface area contributed by atoms with Gasteiger partial charge in [-0.2, -0.15) is 4.98 Å². The van der Waals surface area contributed by atoms with Crippen molar-refractivity contribution in [2.45, 2.75) is 6.92 Å². The van der Waals surface area contributed by atoms with Crippen LogP contribution >= 0.6 is 0 Å². The summed E-state index contributed by atoms with van der Waals surface area (Å²) in [4.78, 5) is 32.4. The third kappa shape index (κ3) is 2.29. The number of aromatic amines is 1. The van der Waals surface area contributed by atoms with Crippen LogP contribution in [-0.2, 0) is 0 Å². The summed E-state index contributed by atoms with van der Waals surface area (Å²) < 4.78 is 6.05.